The van der Waals surface area contributed by atoms with Crippen molar-refractivity contribution < 1.29 is 63.0 Å². The van der Waals surface area contributed by atoms with Gasteiger partial charge in [0.2, 0.25) is 59.1 Å². The van der Waals surface area contributed by atoms with E-state index in [9.17, 15) is 57.8 Å². The van der Waals surface area contributed by atoms with Gasteiger partial charge in [-0.1, -0.05) is 42.5 Å². The van der Waals surface area contributed by atoms with Crippen molar-refractivity contribution >= 4 is 96.3 Å². The second-order valence-corrected chi connectivity index (χ2v) is 18.1. The monoisotopic (exact) mass is 1090 g/mol. The highest BCUT2D eigenvalue weighted by Gasteiger charge is 2.40. The molecule has 0 aromatic heterocycles. The number of aromatic hydroxyl groups is 1. The van der Waals surface area contributed by atoms with Crippen molar-refractivity contribution in [3.63, 3.8) is 0 Å². The van der Waals surface area contributed by atoms with E-state index in [4.69, 9.17) is 33.8 Å². The van der Waals surface area contributed by atoms with Crippen LogP contribution in [0.3, 0.4) is 0 Å². The molecule has 10 amide bonds. The Morgan fingerprint density at radius 2 is 1.17 bits per heavy atom. The minimum Gasteiger partial charge on any atom is -0.508 e. The predicted molar refractivity (Wildman–Crippen MR) is 277 cm³/mol. The SMILES string of the molecule is NC(=O)CC[C@H](NC(=O)[C@H](Cc1ccccc1)NC(=O)[C@H](Cc1ccc(O)cc1)NC(=O)[C@@H](N)CS)C(=O)N[C@@H](CC(N)=O)C(=O)N[C@@H](CS)C(=O)N1CCC[C@H]1C(=O)N[C@@H](CCCN=C(N)N)C(=O)NCC(=O)O. The van der Waals surface area contributed by atoms with Crippen LogP contribution in [0.4, 0.5) is 0 Å². The Bertz CT molecular complexity index is 2380. The average molecular weight is 1090 g/mol. The lowest BCUT2D eigenvalue weighted by Crippen LogP contribution is -2.61. The van der Waals surface area contributed by atoms with E-state index in [2.05, 4.69) is 67.5 Å². The summed E-state index contributed by atoms with van der Waals surface area (Å²) in [5.41, 5.74) is 28.5. The summed E-state index contributed by atoms with van der Waals surface area (Å²) in [5, 5.41) is 36.0. The van der Waals surface area contributed by atoms with E-state index in [1.165, 1.54) is 24.3 Å². The van der Waals surface area contributed by atoms with Crippen molar-refractivity contribution in [2.45, 2.75) is 106 Å². The maximum atomic E-state index is 14.3. The lowest BCUT2D eigenvalue weighted by Gasteiger charge is -2.30. The molecule has 8 atom stereocenters. The van der Waals surface area contributed by atoms with E-state index >= 15 is 0 Å². The van der Waals surface area contributed by atoms with E-state index in [-0.39, 0.29) is 68.4 Å². The number of aliphatic imine (C=N–C) groups is 1. The molecule has 0 aliphatic carbocycles. The smallest absolute Gasteiger partial charge is 0.322 e. The van der Waals surface area contributed by atoms with E-state index in [1.807, 2.05) is 0 Å². The number of likely N-dealkylation sites (tertiary alicyclic amines) is 1. The Balaban J connectivity index is 1.86. The van der Waals surface area contributed by atoms with Gasteiger partial charge >= 0.3 is 5.97 Å². The molecule has 75 heavy (non-hydrogen) atoms. The van der Waals surface area contributed by atoms with Gasteiger partial charge in [-0.15, -0.1) is 0 Å². The molecule has 29 heteroatoms. The summed E-state index contributed by atoms with van der Waals surface area (Å²) in [4.78, 5) is 150. The zero-order valence-electron chi connectivity index (χ0n) is 40.8. The molecule has 0 spiro atoms. The highest BCUT2D eigenvalue weighted by Crippen LogP contribution is 2.20. The van der Waals surface area contributed by atoms with Gasteiger partial charge in [0.15, 0.2) is 5.96 Å². The number of guanidine groups is 1. The topological polar surface area (TPSA) is 458 Å². The van der Waals surface area contributed by atoms with Crippen LogP contribution >= 0.6 is 25.3 Å². The quantitative estimate of drug-likeness (QED) is 0.0145. The second kappa shape index (κ2) is 31.2. The molecule has 2 aromatic carbocycles. The molecule has 27 nitrogen and oxygen atoms in total. The van der Waals surface area contributed by atoms with Gasteiger partial charge in [-0.25, -0.2) is 0 Å². The summed E-state index contributed by atoms with van der Waals surface area (Å²) >= 11 is 8.29. The summed E-state index contributed by atoms with van der Waals surface area (Å²) < 4.78 is 0. The van der Waals surface area contributed by atoms with E-state index in [0.29, 0.717) is 17.5 Å². The number of nitrogens with zero attached hydrogens (tertiary/aromatic N) is 2. The van der Waals surface area contributed by atoms with Gasteiger partial charge in [0.1, 0.15) is 54.6 Å². The number of amides is 10. The predicted octanol–water partition coefficient (Wildman–Crippen LogP) is -5.34. The van der Waals surface area contributed by atoms with Crippen molar-refractivity contribution in [1.29, 1.82) is 0 Å². The molecular formula is C46H66N14O13S2. The first-order valence-electron chi connectivity index (χ1n) is 23.6. The molecule has 0 saturated carbocycles. The van der Waals surface area contributed by atoms with Gasteiger partial charge < -0.3 is 81.0 Å². The van der Waals surface area contributed by atoms with Crippen LogP contribution in [-0.4, -0.2) is 166 Å². The Labute approximate surface area is 442 Å². The first kappa shape index (κ1) is 61.6. The number of hydrogen-bond acceptors (Lipinski definition) is 16. The van der Waals surface area contributed by atoms with Crippen LogP contribution in [0.25, 0.3) is 0 Å². The number of phenolic OH excluding ortho intramolecular Hbond substituents is 1. The van der Waals surface area contributed by atoms with Crippen molar-refractivity contribution in [2.75, 3.05) is 31.1 Å². The zero-order valence-corrected chi connectivity index (χ0v) is 42.6. The molecule has 1 aliphatic heterocycles. The maximum absolute atomic E-state index is 14.3. The number of primary amides is 2. The number of nitrogens with one attached hydrogen (secondary N) is 7. The van der Waals surface area contributed by atoms with Crippen LogP contribution in [0.1, 0.15) is 56.1 Å². The summed E-state index contributed by atoms with van der Waals surface area (Å²) in [7, 11) is 0. The number of nitrogens with two attached hydrogens (primary N) is 5. The van der Waals surface area contributed by atoms with E-state index < -0.39 is 139 Å². The van der Waals surface area contributed by atoms with Gasteiger partial charge in [0, 0.05) is 43.9 Å². The first-order valence-corrected chi connectivity index (χ1v) is 24.8. The Morgan fingerprint density at radius 1 is 0.640 bits per heavy atom. The molecular weight excluding hydrogens is 1020 g/mol. The third-order valence-corrected chi connectivity index (χ3v) is 12.2. The number of carbonyl (C=O) groups excluding carboxylic acids is 10. The molecule has 1 heterocycles. The molecule has 3 rings (SSSR count). The third-order valence-electron chi connectivity index (χ3n) is 11.4. The fraction of sp³-hybridized carbons (Fsp3) is 0.478. The zero-order chi connectivity index (χ0) is 55.8. The van der Waals surface area contributed by atoms with Crippen molar-refractivity contribution in [3.8, 4) is 5.75 Å². The summed E-state index contributed by atoms with van der Waals surface area (Å²) in [6, 6.07) is 2.81. The van der Waals surface area contributed by atoms with Gasteiger partial charge in [-0.3, -0.25) is 57.7 Å². The third kappa shape index (κ3) is 21.4. The first-order chi connectivity index (χ1) is 35.5. The molecule has 0 bridgehead atoms. The minimum absolute atomic E-state index is 0.0176. The number of hydrogen-bond donors (Lipinski definition) is 16. The van der Waals surface area contributed by atoms with Crippen LogP contribution in [0, 0.1) is 0 Å². The molecule has 0 radical (unpaired) electrons. The minimum atomic E-state index is -1.81. The summed E-state index contributed by atoms with van der Waals surface area (Å²) in [5.74, 6) is -11.3. The molecule has 0 unspecified atom stereocenters. The average Bonchev–Trinajstić information content (AvgIpc) is 3.87. The molecule has 1 fully saturated rings. The summed E-state index contributed by atoms with van der Waals surface area (Å²) in [6.07, 6.45) is -1.48. The lowest BCUT2D eigenvalue weighted by atomic mass is 10.0. The Hall–Kier alpha value is -7.66. The number of phenols is 1. The fourth-order valence-electron chi connectivity index (χ4n) is 7.57. The Kier molecular flexibility index (Phi) is 25.6. The molecule has 2 aromatic rings. The number of carboxylic acids is 1. The highest BCUT2D eigenvalue weighted by molar-refractivity contribution is 7.80. The van der Waals surface area contributed by atoms with Crippen molar-refractivity contribution in [3.05, 3.63) is 65.7 Å². The lowest BCUT2D eigenvalue weighted by molar-refractivity contribution is -0.142. The van der Waals surface area contributed by atoms with Crippen LogP contribution in [0.5, 0.6) is 5.75 Å². The molecule has 1 aliphatic rings. The summed E-state index contributed by atoms with van der Waals surface area (Å²) in [6.45, 7) is -0.647. The van der Waals surface area contributed by atoms with Crippen molar-refractivity contribution in [2.24, 2.45) is 33.7 Å². The van der Waals surface area contributed by atoms with Crippen LogP contribution < -0.4 is 65.9 Å². The van der Waals surface area contributed by atoms with Crippen LogP contribution in [0.2, 0.25) is 0 Å². The highest BCUT2D eigenvalue weighted by atomic mass is 32.1. The van der Waals surface area contributed by atoms with E-state index in [0.717, 1.165) is 4.90 Å². The van der Waals surface area contributed by atoms with Gasteiger partial charge in [-0.05, 0) is 55.4 Å². The van der Waals surface area contributed by atoms with Crippen LogP contribution in [0.15, 0.2) is 59.6 Å². The van der Waals surface area contributed by atoms with Crippen molar-refractivity contribution in [1.82, 2.24) is 42.1 Å². The molecule has 19 N–H and O–H groups in total. The molecule has 410 valence electrons. The van der Waals surface area contributed by atoms with Crippen LogP contribution in [-0.2, 0) is 65.6 Å². The number of carbonyl (C=O) groups is 11. The second-order valence-electron chi connectivity index (χ2n) is 17.3. The number of rotatable bonds is 31. The fourth-order valence-corrected chi connectivity index (χ4v) is 7.98. The largest absolute Gasteiger partial charge is 0.508 e. The Morgan fingerprint density at radius 3 is 1.73 bits per heavy atom. The van der Waals surface area contributed by atoms with Gasteiger partial charge in [-0.2, -0.15) is 25.3 Å². The normalized spacial score (nSPS) is 15.7. The van der Waals surface area contributed by atoms with E-state index in [1.54, 1.807) is 30.3 Å². The maximum Gasteiger partial charge on any atom is 0.322 e. The number of aliphatic carboxylic acids is 1. The standard InChI is InChI=1S/C46H66N14O13S2/c47-27(22-74)38(66)56-30(19-25-10-12-26(61)13-11-25)42(70)57-31(18-24-6-2-1-3-7-24)41(69)54-29(14-15-35(48)62)40(68)58-32(20-36(49)63)43(71)59-33(23-75)45(73)60-17-5-9-34(60)44(72)55-28(8-4-16-52-46(50)51)39(67)53-21-37(64)65/h1-3,6-7,10-13,27-34,61,74-75H,4-5,8-9,14-23,47H2,(H2,48,62)(H2,49,63)(H,53,67)(H,54,69)(H,55,72)(H,56,66)(H,57,70)(H,58,68)(H,59,71)(H,64,65)(H4,50,51,52)/t27-,28-,29-,30-,31-,32-,33-,34-/m0/s1. The number of benzene rings is 2. The van der Waals surface area contributed by atoms with Gasteiger partial charge in [0.25, 0.3) is 0 Å². The number of carboxylic acid groups (broad SMARTS) is 1. The number of thiol groups is 2. The molecule has 1 saturated heterocycles. The van der Waals surface area contributed by atoms with Gasteiger partial charge in [0.05, 0.1) is 12.5 Å².